The van der Waals surface area contributed by atoms with E-state index in [1.807, 2.05) is 32.0 Å². The minimum atomic E-state index is -0.118. The smallest absolute Gasteiger partial charge is 0.254 e. The van der Waals surface area contributed by atoms with E-state index in [0.29, 0.717) is 18.7 Å². The van der Waals surface area contributed by atoms with Crippen molar-refractivity contribution in [2.24, 2.45) is 0 Å². The van der Waals surface area contributed by atoms with Gasteiger partial charge in [-0.3, -0.25) is 9.59 Å². The number of fused-ring (bicyclic) bond motifs is 1. The molecule has 1 aliphatic heterocycles. The summed E-state index contributed by atoms with van der Waals surface area (Å²) in [6, 6.07) is 5.85. The summed E-state index contributed by atoms with van der Waals surface area (Å²) in [7, 11) is 0. The van der Waals surface area contributed by atoms with Crippen LogP contribution >= 0.6 is 0 Å². The highest BCUT2D eigenvalue weighted by atomic mass is 16.2. The minimum absolute atomic E-state index is 0.0860. The van der Waals surface area contributed by atoms with Crippen LogP contribution < -0.4 is 10.6 Å². The quantitative estimate of drug-likeness (QED) is 0.848. The molecule has 0 saturated carbocycles. The zero-order chi connectivity index (χ0) is 15.2. The van der Waals surface area contributed by atoms with Gasteiger partial charge in [-0.25, -0.2) is 0 Å². The summed E-state index contributed by atoms with van der Waals surface area (Å²) in [6.45, 7) is 6.75. The van der Waals surface area contributed by atoms with E-state index < -0.39 is 0 Å². The summed E-state index contributed by atoms with van der Waals surface area (Å²) < 4.78 is 0. The molecule has 5 nitrogen and oxygen atoms in total. The summed E-state index contributed by atoms with van der Waals surface area (Å²) in [5.74, 6) is -0.204. The second-order valence-electron chi connectivity index (χ2n) is 5.18. The van der Waals surface area contributed by atoms with Gasteiger partial charge < -0.3 is 15.5 Å². The molecule has 2 amide bonds. The van der Waals surface area contributed by atoms with E-state index in [2.05, 4.69) is 10.6 Å². The first-order valence-corrected chi connectivity index (χ1v) is 7.54. The third-order valence-corrected chi connectivity index (χ3v) is 3.72. The molecule has 5 heteroatoms. The highest BCUT2D eigenvalue weighted by Gasteiger charge is 2.19. The standard InChI is InChI=1S/C16H23N3O2/c1-3-18-15(20)11-19(4-2)16(21)13-6-5-12-7-8-17-10-14(12)9-13/h5-6,9,17H,3-4,7-8,10-11H2,1-2H3,(H,18,20). The van der Waals surface area contributed by atoms with Crippen LogP contribution in [0.4, 0.5) is 0 Å². The molecule has 0 aromatic heterocycles. The summed E-state index contributed by atoms with van der Waals surface area (Å²) in [5, 5.41) is 6.03. The Bertz CT molecular complexity index is 528. The van der Waals surface area contributed by atoms with Crippen molar-refractivity contribution in [3.05, 3.63) is 34.9 Å². The lowest BCUT2D eigenvalue weighted by atomic mass is 9.98. The molecule has 0 fully saturated rings. The van der Waals surface area contributed by atoms with Crippen LogP contribution in [0.1, 0.15) is 35.3 Å². The molecule has 2 N–H and O–H groups in total. The summed E-state index contributed by atoms with van der Waals surface area (Å²) in [5.41, 5.74) is 3.14. The monoisotopic (exact) mass is 289 g/mol. The number of carbonyl (C=O) groups excluding carboxylic acids is 2. The fraction of sp³-hybridized carbons (Fsp3) is 0.500. The van der Waals surface area contributed by atoms with E-state index in [9.17, 15) is 9.59 Å². The number of likely N-dealkylation sites (N-methyl/N-ethyl adjacent to an activating group) is 2. The Kier molecular flexibility index (Phi) is 5.33. The van der Waals surface area contributed by atoms with Gasteiger partial charge in [-0.2, -0.15) is 0 Å². The van der Waals surface area contributed by atoms with Gasteiger partial charge in [-0.15, -0.1) is 0 Å². The van der Waals surface area contributed by atoms with Crippen LogP contribution in [0.25, 0.3) is 0 Å². The van der Waals surface area contributed by atoms with Crippen LogP contribution in [0.5, 0.6) is 0 Å². The van der Waals surface area contributed by atoms with Crippen LogP contribution in [0.3, 0.4) is 0 Å². The van der Waals surface area contributed by atoms with E-state index in [1.54, 1.807) is 4.90 Å². The maximum absolute atomic E-state index is 12.5. The van der Waals surface area contributed by atoms with Crippen molar-refractivity contribution < 1.29 is 9.59 Å². The molecular weight excluding hydrogens is 266 g/mol. The molecule has 1 heterocycles. The lowest BCUT2D eigenvalue weighted by Crippen LogP contribution is -2.40. The largest absolute Gasteiger partial charge is 0.355 e. The molecular formula is C16H23N3O2. The Hall–Kier alpha value is -1.88. The van der Waals surface area contributed by atoms with Gasteiger partial charge >= 0.3 is 0 Å². The maximum Gasteiger partial charge on any atom is 0.254 e. The van der Waals surface area contributed by atoms with Crippen molar-refractivity contribution in [2.45, 2.75) is 26.8 Å². The highest BCUT2D eigenvalue weighted by molar-refractivity contribution is 5.96. The Morgan fingerprint density at radius 2 is 2.10 bits per heavy atom. The van der Waals surface area contributed by atoms with Gasteiger partial charge in [0.2, 0.25) is 5.91 Å². The number of amides is 2. The molecule has 1 aliphatic rings. The summed E-state index contributed by atoms with van der Waals surface area (Å²) >= 11 is 0. The van der Waals surface area contributed by atoms with Crippen molar-refractivity contribution in [1.29, 1.82) is 0 Å². The van der Waals surface area contributed by atoms with Crippen molar-refractivity contribution in [2.75, 3.05) is 26.2 Å². The number of hydrogen-bond acceptors (Lipinski definition) is 3. The van der Waals surface area contributed by atoms with Crippen molar-refractivity contribution in [3.63, 3.8) is 0 Å². The van der Waals surface area contributed by atoms with Crippen LogP contribution in [0, 0.1) is 0 Å². The summed E-state index contributed by atoms with van der Waals surface area (Å²) in [4.78, 5) is 25.8. The number of nitrogens with one attached hydrogen (secondary N) is 2. The van der Waals surface area contributed by atoms with E-state index in [1.165, 1.54) is 11.1 Å². The Morgan fingerprint density at radius 3 is 2.81 bits per heavy atom. The van der Waals surface area contributed by atoms with Gasteiger partial charge in [0.25, 0.3) is 5.91 Å². The molecule has 21 heavy (non-hydrogen) atoms. The average Bonchev–Trinajstić information content (AvgIpc) is 2.51. The molecule has 1 aromatic carbocycles. The fourth-order valence-corrected chi connectivity index (χ4v) is 2.55. The lowest BCUT2D eigenvalue weighted by Gasteiger charge is -2.22. The van der Waals surface area contributed by atoms with Crippen LogP contribution in [0.15, 0.2) is 18.2 Å². The Morgan fingerprint density at radius 1 is 1.29 bits per heavy atom. The lowest BCUT2D eigenvalue weighted by molar-refractivity contribution is -0.121. The molecule has 2 rings (SSSR count). The Balaban J connectivity index is 2.11. The molecule has 1 aromatic rings. The first kappa shape index (κ1) is 15.5. The van der Waals surface area contributed by atoms with E-state index >= 15 is 0 Å². The van der Waals surface area contributed by atoms with Gasteiger partial charge in [0.05, 0.1) is 6.54 Å². The van der Waals surface area contributed by atoms with E-state index in [0.717, 1.165) is 19.5 Å². The topological polar surface area (TPSA) is 61.4 Å². The maximum atomic E-state index is 12.5. The van der Waals surface area contributed by atoms with Gasteiger partial charge in [-0.1, -0.05) is 6.07 Å². The predicted molar refractivity (Wildman–Crippen MR) is 82.1 cm³/mol. The second-order valence-corrected chi connectivity index (χ2v) is 5.18. The zero-order valence-electron chi connectivity index (χ0n) is 12.7. The molecule has 0 aliphatic carbocycles. The third kappa shape index (κ3) is 3.82. The van der Waals surface area contributed by atoms with Gasteiger partial charge in [-0.05, 0) is 50.1 Å². The molecule has 0 unspecified atom stereocenters. The molecule has 0 saturated heterocycles. The SMILES string of the molecule is CCNC(=O)CN(CC)C(=O)c1ccc2c(c1)CNCC2. The van der Waals surface area contributed by atoms with Crippen molar-refractivity contribution >= 4 is 11.8 Å². The van der Waals surface area contributed by atoms with Crippen LogP contribution in [0.2, 0.25) is 0 Å². The first-order valence-electron chi connectivity index (χ1n) is 7.54. The highest BCUT2D eigenvalue weighted by Crippen LogP contribution is 2.17. The van der Waals surface area contributed by atoms with Crippen molar-refractivity contribution in [3.8, 4) is 0 Å². The number of rotatable bonds is 5. The van der Waals surface area contributed by atoms with Crippen molar-refractivity contribution in [1.82, 2.24) is 15.5 Å². The number of carbonyl (C=O) groups is 2. The molecule has 0 spiro atoms. The molecule has 114 valence electrons. The number of nitrogens with zero attached hydrogens (tertiary/aromatic N) is 1. The fourth-order valence-electron chi connectivity index (χ4n) is 2.55. The molecule has 0 atom stereocenters. The average molecular weight is 289 g/mol. The van der Waals surface area contributed by atoms with Gasteiger partial charge in [0.15, 0.2) is 0 Å². The zero-order valence-corrected chi connectivity index (χ0v) is 12.7. The predicted octanol–water partition coefficient (Wildman–Crippen LogP) is 0.930. The Labute approximate surface area is 125 Å². The second kappa shape index (κ2) is 7.22. The first-order chi connectivity index (χ1) is 10.2. The minimum Gasteiger partial charge on any atom is -0.355 e. The van der Waals surface area contributed by atoms with E-state index in [4.69, 9.17) is 0 Å². The van der Waals surface area contributed by atoms with Crippen LogP contribution in [-0.2, 0) is 17.8 Å². The third-order valence-electron chi connectivity index (χ3n) is 3.72. The van der Waals surface area contributed by atoms with Crippen LogP contribution in [-0.4, -0.2) is 42.9 Å². The van der Waals surface area contributed by atoms with Gasteiger partial charge in [0.1, 0.15) is 0 Å². The van der Waals surface area contributed by atoms with Gasteiger partial charge in [0, 0.05) is 25.2 Å². The number of benzene rings is 1. The molecule has 0 radical (unpaired) electrons. The van der Waals surface area contributed by atoms with E-state index in [-0.39, 0.29) is 18.4 Å². The molecule has 0 bridgehead atoms. The number of hydrogen-bond donors (Lipinski definition) is 2. The normalized spacial score (nSPS) is 13.4. The summed E-state index contributed by atoms with van der Waals surface area (Å²) in [6.07, 6.45) is 1.00.